The smallest absolute Gasteiger partial charge is 0.231 e. The van der Waals surface area contributed by atoms with Crippen LogP contribution in [-0.4, -0.2) is 40.6 Å². The Morgan fingerprint density at radius 1 is 1.29 bits per heavy atom. The van der Waals surface area contributed by atoms with E-state index in [0.717, 1.165) is 16.3 Å². The summed E-state index contributed by atoms with van der Waals surface area (Å²) in [5, 5.41) is 10.9. The van der Waals surface area contributed by atoms with Gasteiger partial charge < -0.3 is 5.32 Å². The van der Waals surface area contributed by atoms with Gasteiger partial charge in [-0.3, -0.25) is 4.79 Å². The van der Waals surface area contributed by atoms with E-state index in [9.17, 15) is 13.2 Å². The Morgan fingerprint density at radius 3 is 2.74 bits per heavy atom. The predicted octanol–water partition coefficient (Wildman–Crippen LogP) is 4.34. The highest BCUT2D eigenvalue weighted by molar-refractivity contribution is 7.91. The lowest BCUT2D eigenvalue weighted by Crippen LogP contribution is -2.18. The molecule has 7 nitrogen and oxygen atoms in total. The summed E-state index contributed by atoms with van der Waals surface area (Å²) in [6.45, 7) is 3.74. The van der Waals surface area contributed by atoms with Gasteiger partial charge in [-0.05, 0) is 38.5 Å². The molecule has 0 radical (unpaired) electrons. The molecule has 2 aromatic heterocycles. The van der Waals surface area contributed by atoms with Crippen molar-refractivity contribution in [3.8, 4) is 5.69 Å². The number of amides is 1. The van der Waals surface area contributed by atoms with Gasteiger partial charge in [-0.25, -0.2) is 18.1 Å². The predicted molar refractivity (Wildman–Crippen MR) is 124 cm³/mol. The zero-order chi connectivity index (χ0) is 22.3. The van der Waals surface area contributed by atoms with Gasteiger partial charge in [0, 0.05) is 16.9 Å². The van der Waals surface area contributed by atoms with Gasteiger partial charge in [0.2, 0.25) is 5.91 Å². The van der Waals surface area contributed by atoms with Crippen LogP contribution in [0.4, 0.5) is 5.82 Å². The minimum absolute atomic E-state index is 0.0761. The van der Waals surface area contributed by atoms with Crippen LogP contribution in [0.1, 0.15) is 34.3 Å². The van der Waals surface area contributed by atoms with Crippen LogP contribution >= 0.6 is 34.5 Å². The molecule has 1 fully saturated rings. The largest absolute Gasteiger partial charge is 0.310 e. The van der Waals surface area contributed by atoms with E-state index in [-0.39, 0.29) is 29.8 Å². The Morgan fingerprint density at radius 2 is 2.06 bits per heavy atom. The number of halogens is 2. The number of sulfone groups is 1. The number of nitrogens with one attached hydrogen (secondary N) is 1. The summed E-state index contributed by atoms with van der Waals surface area (Å²) in [6.07, 6.45) is 0.670. The van der Waals surface area contributed by atoms with Crippen molar-refractivity contribution in [1.82, 2.24) is 14.8 Å². The number of nitrogens with zero attached hydrogens (tertiary/aromatic N) is 3. The molecule has 3 heterocycles. The maximum Gasteiger partial charge on any atom is 0.231 e. The average Bonchev–Trinajstić information content (AvgIpc) is 3.38. The number of thiazole rings is 1. The van der Waals surface area contributed by atoms with Gasteiger partial charge in [0.15, 0.2) is 9.84 Å². The average molecular weight is 499 g/mol. The monoisotopic (exact) mass is 498 g/mol. The molecule has 1 aromatic carbocycles. The summed E-state index contributed by atoms with van der Waals surface area (Å²) in [5.74, 6) is 0.573. The lowest BCUT2D eigenvalue weighted by atomic mass is 10.1. The van der Waals surface area contributed by atoms with Crippen molar-refractivity contribution in [2.45, 2.75) is 32.6 Å². The van der Waals surface area contributed by atoms with Crippen molar-refractivity contribution < 1.29 is 13.2 Å². The number of aryl methyl sites for hydroxylation is 1. The van der Waals surface area contributed by atoms with E-state index in [1.807, 2.05) is 19.2 Å². The van der Waals surface area contributed by atoms with E-state index in [0.29, 0.717) is 33.7 Å². The highest BCUT2D eigenvalue weighted by atomic mass is 35.5. The minimum atomic E-state index is -2.98. The second kappa shape index (κ2) is 8.54. The summed E-state index contributed by atoms with van der Waals surface area (Å²) < 4.78 is 25.1. The number of benzene rings is 1. The molecule has 1 atom stereocenters. The first-order valence-electron chi connectivity index (χ1n) is 9.59. The minimum Gasteiger partial charge on any atom is -0.310 e. The van der Waals surface area contributed by atoms with Crippen LogP contribution in [0.5, 0.6) is 0 Å². The Hall–Kier alpha value is -1.94. The van der Waals surface area contributed by atoms with Crippen LogP contribution in [0.3, 0.4) is 0 Å². The highest BCUT2D eigenvalue weighted by Gasteiger charge is 2.31. The van der Waals surface area contributed by atoms with Gasteiger partial charge in [0.25, 0.3) is 0 Å². The van der Waals surface area contributed by atoms with Crippen LogP contribution in [0.2, 0.25) is 10.0 Å². The molecule has 1 N–H and O–H groups in total. The maximum atomic E-state index is 12.8. The molecule has 1 aliphatic heterocycles. The first-order chi connectivity index (χ1) is 14.6. The van der Waals surface area contributed by atoms with Gasteiger partial charge in [0.05, 0.1) is 50.1 Å². The molecule has 3 aromatic rings. The first kappa shape index (κ1) is 22.3. The molecule has 11 heteroatoms. The second-order valence-electron chi connectivity index (χ2n) is 7.57. The first-order valence-corrected chi connectivity index (χ1v) is 13.0. The molecular weight excluding hydrogens is 479 g/mol. The molecule has 0 saturated carbocycles. The Bertz CT molecular complexity index is 1270. The zero-order valence-corrected chi connectivity index (χ0v) is 20.0. The van der Waals surface area contributed by atoms with E-state index in [1.165, 1.54) is 11.3 Å². The van der Waals surface area contributed by atoms with Crippen molar-refractivity contribution in [2.24, 2.45) is 0 Å². The summed E-state index contributed by atoms with van der Waals surface area (Å²) in [7, 11) is -2.98. The molecule has 0 aliphatic carbocycles. The molecule has 1 amide bonds. The molecule has 4 rings (SSSR count). The lowest BCUT2D eigenvalue weighted by molar-refractivity contribution is -0.115. The molecular formula is C20H20Cl2N4O3S2. The van der Waals surface area contributed by atoms with E-state index in [1.54, 1.807) is 22.9 Å². The number of anilines is 1. The summed E-state index contributed by atoms with van der Waals surface area (Å²) >= 11 is 13.6. The third-order valence-corrected chi connectivity index (χ3v) is 8.82. The molecule has 1 aliphatic rings. The zero-order valence-electron chi connectivity index (χ0n) is 16.9. The van der Waals surface area contributed by atoms with Gasteiger partial charge >= 0.3 is 0 Å². The molecule has 1 saturated heterocycles. The standard InChI is InChI=1S/C20H20Cl2N4O3S2/c1-11-12(2)25-26(15-3-4-16(21)17(22)8-15)19(11)24-18(27)7-14-9-30-20(23-14)13-5-6-31(28,29)10-13/h3-4,8-9,13H,5-7,10H2,1-2H3,(H,24,27). The lowest BCUT2D eigenvalue weighted by Gasteiger charge is -2.10. The van der Waals surface area contributed by atoms with Crippen molar-refractivity contribution in [3.05, 3.63) is 55.6 Å². The maximum absolute atomic E-state index is 12.8. The number of carbonyl (C=O) groups is 1. The number of aromatic nitrogens is 3. The number of rotatable bonds is 5. The summed E-state index contributed by atoms with van der Waals surface area (Å²) in [4.78, 5) is 17.3. The number of hydrogen-bond acceptors (Lipinski definition) is 6. The van der Waals surface area contributed by atoms with Crippen LogP contribution in [0.15, 0.2) is 23.6 Å². The van der Waals surface area contributed by atoms with Crippen molar-refractivity contribution >= 4 is 56.1 Å². The van der Waals surface area contributed by atoms with Gasteiger partial charge in [0.1, 0.15) is 5.82 Å². The normalized spacial score (nSPS) is 17.7. The third-order valence-electron chi connectivity index (χ3n) is 5.26. The second-order valence-corrected chi connectivity index (χ2v) is 11.5. The molecule has 31 heavy (non-hydrogen) atoms. The SMILES string of the molecule is Cc1nn(-c2ccc(Cl)c(Cl)c2)c(NC(=O)Cc2csc(C3CCS(=O)(=O)C3)n2)c1C. The van der Waals surface area contributed by atoms with Gasteiger partial charge in [-0.1, -0.05) is 23.2 Å². The van der Waals surface area contributed by atoms with Crippen LogP contribution in [0, 0.1) is 13.8 Å². The quantitative estimate of drug-likeness (QED) is 0.564. The fraction of sp³-hybridized carbons (Fsp3) is 0.350. The van der Waals surface area contributed by atoms with E-state index >= 15 is 0 Å². The van der Waals surface area contributed by atoms with Crippen LogP contribution in [-0.2, 0) is 21.1 Å². The Kier molecular flexibility index (Phi) is 6.13. The third kappa shape index (κ3) is 4.79. The molecule has 0 bridgehead atoms. The van der Waals surface area contributed by atoms with Crippen LogP contribution in [0.25, 0.3) is 5.69 Å². The fourth-order valence-corrected chi connectivity index (χ4v) is 6.58. The van der Waals surface area contributed by atoms with Gasteiger partial charge in [-0.2, -0.15) is 5.10 Å². The Labute approximate surface area is 194 Å². The van der Waals surface area contributed by atoms with E-state index < -0.39 is 9.84 Å². The fourth-order valence-electron chi connectivity index (χ4n) is 3.48. The van der Waals surface area contributed by atoms with E-state index in [2.05, 4.69) is 15.4 Å². The number of hydrogen-bond donors (Lipinski definition) is 1. The molecule has 1 unspecified atom stereocenters. The number of carbonyl (C=O) groups excluding carboxylic acids is 1. The van der Waals surface area contributed by atoms with Crippen molar-refractivity contribution in [1.29, 1.82) is 0 Å². The summed E-state index contributed by atoms with van der Waals surface area (Å²) in [6, 6.07) is 5.14. The molecule has 164 valence electrons. The topological polar surface area (TPSA) is 94.0 Å². The molecule has 0 spiro atoms. The van der Waals surface area contributed by atoms with E-state index in [4.69, 9.17) is 23.2 Å². The summed E-state index contributed by atoms with van der Waals surface area (Å²) in [5.41, 5.74) is 2.92. The Balaban J connectivity index is 1.51. The van der Waals surface area contributed by atoms with Crippen LogP contribution < -0.4 is 5.32 Å². The van der Waals surface area contributed by atoms with Crippen molar-refractivity contribution in [2.75, 3.05) is 16.8 Å². The van der Waals surface area contributed by atoms with Crippen molar-refractivity contribution in [3.63, 3.8) is 0 Å². The highest BCUT2D eigenvalue weighted by Crippen LogP contribution is 2.31. The van der Waals surface area contributed by atoms with Gasteiger partial charge in [-0.15, -0.1) is 11.3 Å².